The monoisotopic (exact) mass is 149 g/mol. The van der Waals surface area contributed by atoms with Gasteiger partial charge in [-0.05, 0) is 37.3 Å². The number of nitrogens with zero attached hydrogens (tertiary/aromatic N) is 1. The molecular weight excluding hydrogens is 138 g/mol. The quantitative estimate of drug-likeness (QED) is 0.662. The smallest absolute Gasteiger partial charge is 0.134 e. The Kier molecular flexibility index (Phi) is 1.34. The van der Waals surface area contributed by atoms with E-state index in [2.05, 4.69) is 4.98 Å². The summed E-state index contributed by atoms with van der Waals surface area (Å²) in [5.41, 5.74) is 2.29. The number of aromatic hydroxyl groups is 1. The van der Waals surface area contributed by atoms with Crippen molar-refractivity contribution in [1.29, 1.82) is 0 Å². The number of hydrogen-bond donors (Lipinski definition) is 1. The van der Waals surface area contributed by atoms with Gasteiger partial charge in [0.2, 0.25) is 0 Å². The molecule has 1 fully saturated rings. The van der Waals surface area contributed by atoms with Crippen molar-refractivity contribution in [3.8, 4) is 5.75 Å². The highest BCUT2D eigenvalue weighted by Gasteiger charge is 2.25. The average molecular weight is 149 g/mol. The highest BCUT2D eigenvalue weighted by Crippen LogP contribution is 2.41. The first-order valence-corrected chi connectivity index (χ1v) is 3.93. The van der Waals surface area contributed by atoms with E-state index in [-0.39, 0.29) is 5.75 Å². The minimum absolute atomic E-state index is 0.289. The Morgan fingerprint density at radius 1 is 1.55 bits per heavy atom. The molecule has 1 N–H and O–H groups in total. The van der Waals surface area contributed by atoms with Gasteiger partial charge in [0.25, 0.3) is 0 Å². The highest BCUT2D eigenvalue weighted by atomic mass is 16.3. The second-order valence-electron chi connectivity index (χ2n) is 3.14. The Labute approximate surface area is 65.9 Å². The summed E-state index contributed by atoms with van der Waals surface area (Å²) >= 11 is 0. The second kappa shape index (κ2) is 2.22. The van der Waals surface area contributed by atoms with Crippen LogP contribution in [0.5, 0.6) is 5.75 Å². The molecule has 58 valence electrons. The molecule has 11 heavy (non-hydrogen) atoms. The van der Waals surface area contributed by atoms with E-state index < -0.39 is 0 Å². The largest absolute Gasteiger partial charge is 0.506 e. The van der Waals surface area contributed by atoms with Crippen LogP contribution in [0.25, 0.3) is 0 Å². The molecule has 1 aliphatic rings. The van der Waals surface area contributed by atoms with Gasteiger partial charge in [-0.1, -0.05) is 0 Å². The number of pyridine rings is 1. The van der Waals surface area contributed by atoms with E-state index >= 15 is 0 Å². The maximum Gasteiger partial charge on any atom is 0.134 e. The number of rotatable bonds is 1. The Balaban J connectivity index is 2.42. The molecule has 0 amide bonds. The van der Waals surface area contributed by atoms with Gasteiger partial charge in [0.15, 0.2) is 0 Å². The average Bonchev–Trinajstić information content (AvgIpc) is 2.76. The van der Waals surface area contributed by atoms with Crippen molar-refractivity contribution in [3.05, 3.63) is 23.5 Å². The van der Waals surface area contributed by atoms with Crippen molar-refractivity contribution in [2.24, 2.45) is 0 Å². The van der Waals surface area contributed by atoms with Gasteiger partial charge in [0, 0.05) is 5.69 Å². The highest BCUT2D eigenvalue weighted by molar-refractivity contribution is 5.33. The Hall–Kier alpha value is -1.05. The number of hydrogen-bond acceptors (Lipinski definition) is 2. The van der Waals surface area contributed by atoms with E-state index in [1.807, 2.05) is 13.0 Å². The van der Waals surface area contributed by atoms with E-state index in [0.29, 0.717) is 5.92 Å². The fraction of sp³-hybridized carbons (Fsp3) is 0.444. The lowest BCUT2D eigenvalue weighted by molar-refractivity contribution is 0.471. The predicted molar refractivity (Wildman–Crippen MR) is 42.6 cm³/mol. The minimum Gasteiger partial charge on any atom is -0.506 e. The Morgan fingerprint density at radius 3 is 2.91 bits per heavy atom. The van der Waals surface area contributed by atoms with Gasteiger partial charge in [0.1, 0.15) is 5.75 Å². The van der Waals surface area contributed by atoms with Crippen LogP contribution in [0, 0.1) is 6.92 Å². The molecule has 1 heterocycles. The first-order valence-electron chi connectivity index (χ1n) is 3.93. The van der Waals surface area contributed by atoms with Crippen LogP contribution in [0.3, 0.4) is 0 Å². The fourth-order valence-corrected chi connectivity index (χ4v) is 1.35. The summed E-state index contributed by atoms with van der Waals surface area (Å²) in [6.45, 7) is 1.99. The lowest BCUT2D eigenvalue weighted by Gasteiger charge is -2.01. The van der Waals surface area contributed by atoms with E-state index in [1.54, 1.807) is 0 Å². The van der Waals surface area contributed by atoms with Gasteiger partial charge in [-0.25, -0.2) is 0 Å². The molecule has 2 nitrogen and oxygen atoms in total. The molecule has 0 aromatic carbocycles. The normalized spacial score (nSPS) is 16.8. The van der Waals surface area contributed by atoms with Gasteiger partial charge in [-0.3, -0.25) is 4.98 Å². The molecule has 1 aliphatic carbocycles. The summed E-state index contributed by atoms with van der Waals surface area (Å²) in [4.78, 5) is 4.09. The van der Waals surface area contributed by atoms with Crippen molar-refractivity contribution in [3.63, 3.8) is 0 Å². The van der Waals surface area contributed by atoms with Gasteiger partial charge in [-0.15, -0.1) is 0 Å². The third-order valence-corrected chi connectivity index (χ3v) is 2.13. The van der Waals surface area contributed by atoms with E-state index in [4.69, 9.17) is 5.11 Å². The van der Waals surface area contributed by atoms with Crippen LogP contribution < -0.4 is 0 Å². The summed E-state index contributed by atoms with van der Waals surface area (Å²) in [6.07, 6.45) is 4.01. The van der Waals surface area contributed by atoms with Crippen molar-refractivity contribution < 1.29 is 5.11 Å². The topological polar surface area (TPSA) is 33.1 Å². The summed E-state index contributed by atoms with van der Waals surface area (Å²) in [5.74, 6) is 0.965. The summed E-state index contributed by atoms with van der Waals surface area (Å²) in [6, 6.07) is 1.83. The Bertz CT molecular complexity index is 279. The molecule has 0 aliphatic heterocycles. The van der Waals surface area contributed by atoms with Crippen molar-refractivity contribution in [2.75, 3.05) is 0 Å². The van der Waals surface area contributed by atoms with Gasteiger partial charge >= 0.3 is 0 Å². The third-order valence-electron chi connectivity index (χ3n) is 2.13. The van der Waals surface area contributed by atoms with Crippen LogP contribution in [-0.2, 0) is 0 Å². The fourth-order valence-electron chi connectivity index (χ4n) is 1.35. The van der Waals surface area contributed by atoms with E-state index in [9.17, 15) is 0 Å². The van der Waals surface area contributed by atoms with Crippen LogP contribution in [-0.4, -0.2) is 10.1 Å². The Morgan fingerprint density at radius 2 is 2.27 bits per heavy atom. The molecule has 1 aromatic heterocycles. The summed E-state index contributed by atoms with van der Waals surface area (Å²) in [7, 11) is 0. The van der Waals surface area contributed by atoms with Crippen LogP contribution in [0.2, 0.25) is 0 Å². The third kappa shape index (κ3) is 1.20. The lowest BCUT2D eigenvalue weighted by Crippen LogP contribution is -1.88. The van der Waals surface area contributed by atoms with Crippen LogP contribution >= 0.6 is 0 Å². The van der Waals surface area contributed by atoms with Crippen molar-refractivity contribution >= 4 is 0 Å². The molecule has 0 radical (unpaired) electrons. The number of aryl methyl sites for hydroxylation is 1. The molecule has 0 bridgehead atoms. The standard InChI is InChI=1S/C9H11NO/c1-6-9(7-2-3-7)4-8(11)5-10-6/h4-5,7,11H,2-3H2,1H3. The second-order valence-corrected chi connectivity index (χ2v) is 3.14. The molecule has 2 heteroatoms. The van der Waals surface area contributed by atoms with Crippen LogP contribution in [0.4, 0.5) is 0 Å². The van der Waals surface area contributed by atoms with Crippen molar-refractivity contribution in [2.45, 2.75) is 25.7 Å². The van der Waals surface area contributed by atoms with Crippen LogP contribution in [0.1, 0.15) is 30.0 Å². The van der Waals surface area contributed by atoms with Crippen LogP contribution in [0.15, 0.2) is 12.3 Å². The predicted octanol–water partition coefficient (Wildman–Crippen LogP) is 1.97. The first kappa shape index (κ1) is 6.65. The summed E-state index contributed by atoms with van der Waals surface area (Å²) < 4.78 is 0. The zero-order valence-corrected chi connectivity index (χ0v) is 6.54. The molecule has 1 aromatic rings. The minimum atomic E-state index is 0.289. The zero-order valence-electron chi connectivity index (χ0n) is 6.54. The molecule has 0 unspecified atom stereocenters. The molecule has 0 spiro atoms. The van der Waals surface area contributed by atoms with E-state index in [0.717, 1.165) is 5.69 Å². The van der Waals surface area contributed by atoms with Crippen molar-refractivity contribution in [1.82, 2.24) is 4.98 Å². The SMILES string of the molecule is Cc1ncc(O)cc1C1CC1. The van der Waals surface area contributed by atoms with Gasteiger partial charge in [0.05, 0.1) is 6.20 Å². The molecule has 1 saturated carbocycles. The van der Waals surface area contributed by atoms with E-state index in [1.165, 1.54) is 24.6 Å². The lowest BCUT2D eigenvalue weighted by atomic mass is 10.1. The van der Waals surface area contributed by atoms with Gasteiger partial charge < -0.3 is 5.11 Å². The summed E-state index contributed by atoms with van der Waals surface area (Å²) in [5, 5.41) is 9.15. The zero-order chi connectivity index (χ0) is 7.84. The molecular formula is C9H11NO. The maximum absolute atomic E-state index is 9.15. The molecule has 2 rings (SSSR count). The van der Waals surface area contributed by atoms with Gasteiger partial charge in [-0.2, -0.15) is 0 Å². The number of aromatic nitrogens is 1. The maximum atomic E-state index is 9.15. The molecule has 0 atom stereocenters. The molecule has 0 saturated heterocycles. The first-order chi connectivity index (χ1) is 5.27.